The molecule has 1 nitrogen and oxygen atoms in total. The molecule has 0 aromatic heterocycles. The van der Waals surface area contributed by atoms with Gasteiger partial charge in [0.1, 0.15) is 11.5 Å². The molecule has 0 aliphatic carbocycles. The van der Waals surface area contributed by atoms with Crippen molar-refractivity contribution in [2.75, 3.05) is 0 Å². The number of ether oxygens (including phenoxy) is 1. The number of benzene rings is 2. The van der Waals surface area contributed by atoms with Crippen molar-refractivity contribution in [2.24, 2.45) is 0 Å². The first-order chi connectivity index (χ1) is 9.23. The molecule has 0 spiro atoms. The van der Waals surface area contributed by atoms with E-state index >= 15 is 0 Å². The van der Waals surface area contributed by atoms with E-state index in [1.165, 1.54) is 30.1 Å². The molecule has 98 valence electrons. The van der Waals surface area contributed by atoms with Crippen LogP contribution in [0, 0.1) is 0 Å². The molecule has 0 bridgehead atoms. The topological polar surface area (TPSA) is 9.23 Å². The van der Waals surface area contributed by atoms with E-state index in [2.05, 4.69) is 30.8 Å². The SMILES string of the molecule is C[Si]1(Cc2ccc(Oc3ccccc3)cc2)CCC1. The molecule has 1 saturated heterocycles. The molecule has 0 saturated carbocycles. The van der Waals surface area contributed by atoms with Gasteiger partial charge in [-0.1, -0.05) is 61.0 Å². The first-order valence-electron chi connectivity index (χ1n) is 7.05. The molecule has 2 aromatic rings. The second-order valence-corrected chi connectivity index (χ2v) is 10.9. The lowest BCUT2D eigenvalue weighted by atomic mass is 10.2. The van der Waals surface area contributed by atoms with Gasteiger partial charge >= 0.3 is 0 Å². The number of para-hydroxylation sites is 1. The van der Waals surface area contributed by atoms with Crippen LogP contribution in [-0.2, 0) is 6.04 Å². The van der Waals surface area contributed by atoms with E-state index in [0.29, 0.717) is 0 Å². The van der Waals surface area contributed by atoms with Crippen LogP contribution < -0.4 is 4.74 Å². The molecule has 0 N–H and O–H groups in total. The molecule has 0 atom stereocenters. The van der Waals surface area contributed by atoms with Gasteiger partial charge in [-0.25, -0.2) is 0 Å². The predicted octanol–water partition coefficient (Wildman–Crippen LogP) is 5.04. The highest BCUT2D eigenvalue weighted by atomic mass is 28.3. The van der Waals surface area contributed by atoms with Gasteiger partial charge < -0.3 is 4.74 Å². The Labute approximate surface area is 116 Å². The van der Waals surface area contributed by atoms with Gasteiger partial charge in [0.15, 0.2) is 0 Å². The van der Waals surface area contributed by atoms with Gasteiger partial charge in [-0.15, -0.1) is 0 Å². The van der Waals surface area contributed by atoms with E-state index in [0.717, 1.165) is 11.5 Å². The maximum Gasteiger partial charge on any atom is 0.127 e. The summed E-state index contributed by atoms with van der Waals surface area (Å²) < 4.78 is 5.82. The van der Waals surface area contributed by atoms with Crippen LogP contribution in [0.15, 0.2) is 54.6 Å². The van der Waals surface area contributed by atoms with E-state index in [1.54, 1.807) is 0 Å². The fraction of sp³-hybridized carbons (Fsp3) is 0.294. The van der Waals surface area contributed by atoms with Crippen LogP contribution in [0.3, 0.4) is 0 Å². The quantitative estimate of drug-likeness (QED) is 0.706. The van der Waals surface area contributed by atoms with Crippen molar-refractivity contribution in [1.29, 1.82) is 0 Å². The van der Waals surface area contributed by atoms with E-state index in [9.17, 15) is 0 Å². The second-order valence-electron chi connectivity index (χ2n) is 5.90. The standard InChI is InChI=1S/C17H20OSi/c1-19(12-5-13-19)14-15-8-10-17(11-9-15)18-16-6-3-2-4-7-16/h2-4,6-11H,5,12-14H2,1H3. The van der Waals surface area contributed by atoms with Crippen LogP contribution in [0.1, 0.15) is 12.0 Å². The van der Waals surface area contributed by atoms with Crippen molar-refractivity contribution >= 4 is 8.07 Å². The Morgan fingerprint density at radius 3 is 2.11 bits per heavy atom. The van der Waals surface area contributed by atoms with Crippen LogP contribution >= 0.6 is 0 Å². The summed E-state index contributed by atoms with van der Waals surface area (Å²) in [7, 11) is -0.870. The Kier molecular flexibility index (Phi) is 3.43. The molecular formula is C17H20OSi. The Balaban J connectivity index is 1.65. The highest BCUT2D eigenvalue weighted by molar-refractivity contribution is 6.80. The molecule has 1 aliphatic rings. The lowest BCUT2D eigenvalue weighted by molar-refractivity contribution is 0.482. The largest absolute Gasteiger partial charge is 0.457 e. The monoisotopic (exact) mass is 268 g/mol. The Morgan fingerprint density at radius 1 is 0.895 bits per heavy atom. The Bertz CT molecular complexity index is 529. The van der Waals surface area contributed by atoms with Crippen molar-refractivity contribution < 1.29 is 4.74 Å². The van der Waals surface area contributed by atoms with Crippen LogP contribution in [0.5, 0.6) is 11.5 Å². The number of hydrogen-bond acceptors (Lipinski definition) is 1. The van der Waals surface area contributed by atoms with Crippen LogP contribution in [0.2, 0.25) is 18.6 Å². The lowest BCUT2D eigenvalue weighted by Gasteiger charge is -2.36. The zero-order valence-electron chi connectivity index (χ0n) is 11.4. The highest BCUT2D eigenvalue weighted by Gasteiger charge is 2.33. The number of hydrogen-bond donors (Lipinski definition) is 0. The molecular weight excluding hydrogens is 248 g/mol. The van der Waals surface area contributed by atoms with Gasteiger partial charge in [0.05, 0.1) is 8.07 Å². The molecule has 19 heavy (non-hydrogen) atoms. The van der Waals surface area contributed by atoms with Gasteiger partial charge in [-0.05, 0) is 30.3 Å². The minimum absolute atomic E-state index is 0.870. The molecule has 1 fully saturated rings. The van der Waals surface area contributed by atoms with Gasteiger partial charge in [0.2, 0.25) is 0 Å². The van der Waals surface area contributed by atoms with E-state index in [-0.39, 0.29) is 0 Å². The molecule has 1 aliphatic heterocycles. The summed E-state index contributed by atoms with van der Waals surface area (Å²) in [6.45, 7) is 2.53. The summed E-state index contributed by atoms with van der Waals surface area (Å²) in [5, 5.41) is 0. The average Bonchev–Trinajstić information content (AvgIpc) is 2.40. The molecule has 2 heteroatoms. The third-order valence-electron chi connectivity index (χ3n) is 4.09. The van der Waals surface area contributed by atoms with E-state index in [1.807, 2.05) is 30.3 Å². The molecule has 0 radical (unpaired) electrons. The summed E-state index contributed by atoms with van der Waals surface area (Å²) >= 11 is 0. The minimum atomic E-state index is -0.870. The molecule has 2 aromatic carbocycles. The lowest BCUT2D eigenvalue weighted by Crippen LogP contribution is -2.40. The summed E-state index contributed by atoms with van der Waals surface area (Å²) in [6.07, 6.45) is 1.46. The Morgan fingerprint density at radius 2 is 1.53 bits per heavy atom. The van der Waals surface area contributed by atoms with Crippen LogP contribution in [0.25, 0.3) is 0 Å². The predicted molar refractivity (Wildman–Crippen MR) is 82.5 cm³/mol. The van der Waals surface area contributed by atoms with Gasteiger partial charge in [0.25, 0.3) is 0 Å². The van der Waals surface area contributed by atoms with Crippen molar-refractivity contribution in [1.82, 2.24) is 0 Å². The fourth-order valence-electron chi connectivity index (χ4n) is 2.75. The van der Waals surface area contributed by atoms with Crippen LogP contribution in [0.4, 0.5) is 0 Å². The Hall–Kier alpha value is -1.54. The number of rotatable bonds is 4. The smallest absolute Gasteiger partial charge is 0.127 e. The van der Waals surface area contributed by atoms with Crippen LogP contribution in [-0.4, -0.2) is 8.07 Å². The highest BCUT2D eigenvalue weighted by Crippen LogP contribution is 2.35. The van der Waals surface area contributed by atoms with Gasteiger partial charge in [-0.2, -0.15) is 0 Å². The summed E-state index contributed by atoms with van der Waals surface area (Å²) in [4.78, 5) is 0. The minimum Gasteiger partial charge on any atom is -0.457 e. The average molecular weight is 268 g/mol. The normalized spacial score (nSPS) is 16.7. The summed E-state index contributed by atoms with van der Waals surface area (Å²) in [5.74, 6) is 1.82. The molecule has 0 unspecified atom stereocenters. The second kappa shape index (κ2) is 5.22. The molecule has 1 heterocycles. The van der Waals surface area contributed by atoms with Crippen molar-refractivity contribution in [3.8, 4) is 11.5 Å². The van der Waals surface area contributed by atoms with E-state index in [4.69, 9.17) is 4.74 Å². The first kappa shape index (κ1) is 12.5. The maximum atomic E-state index is 5.82. The van der Waals surface area contributed by atoms with Gasteiger partial charge in [0, 0.05) is 0 Å². The molecule has 0 amide bonds. The fourth-order valence-corrected chi connectivity index (χ4v) is 5.89. The maximum absolute atomic E-state index is 5.82. The van der Waals surface area contributed by atoms with Gasteiger partial charge in [-0.3, -0.25) is 0 Å². The zero-order chi connectivity index (χ0) is 13.1. The van der Waals surface area contributed by atoms with Crippen molar-refractivity contribution in [3.05, 3.63) is 60.2 Å². The molecule has 3 rings (SSSR count). The van der Waals surface area contributed by atoms with E-state index < -0.39 is 8.07 Å². The third-order valence-corrected chi connectivity index (χ3v) is 8.48. The van der Waals surface area contributed by atoms with Crippen molar-refractivity contribution in [2.45, 2.75) is 31.1 Å². The third kappa shape index (κ3) is 3.07. The zero-order valence-corrected chi connectivity index (χ0v) is 12.4. The summed E-state index contributed by atoms with van der Waals surface area (Å²) in [5.41, 5.74) is 1.48. The first-order valence-corrected chi connectivity index (χ1v) is 10.2. The van der Waals surface area contributed by atoms with Crippen molar-refractivity contribution in [3.63, 3.8) is 0 Å². The summed E-state index contributed by atoms with van der Waals surface area (Å²) in [6, 6.07) is 23.0.